The van der Waals surface area contributed by atoms with Gasteiger partial charge in [0.15, 0.2) is 0 Å². The van der Waals surface area contributed by atoms with Crippen LogP contribution < -0.4 is 11.3 Å². The van der Waals surface area contributed by atoms with Crippen LogP contribution in [0.3, 0.4) is 0 Å². The van der Waals surface area contributed by atoms with Crippen LogP contribution >= 0.6 is 0 Å². The molecule has 0 aliphatic heterocycles. The molecule has 0 aliphatic carbocycles. The van der Waals surface area contributed by atoms with Gasteiger partial charge in [-0.2, -0.15) is 0 Å². The van der Waals surface area contributed by atoms with Crippen molar-refractivity contribution in [3.8, 4) is 0 Å². The number of anilines is 1. The van der Waals surface area contributed by atoms with Crippen LogP contribution in [0.5, 0.6) is 0 Å². The quantitative estimate of drug-likeness (QED) is 0.623. The number of benzene rings is 1. The molecule has 0 atom stereocenters. The van der Waals surface area contributed by atoms with Gasteiger partial charge in [-0.25, -0.2) is 9.37 Å². The van der Waals surface area contributed by atoms with Crippen LogP contribution in [0.25, 0.3) is 10.9 Å². The molecule has 5 heteroatoms. The van der Waals surface area contributed by atoms with Crippen LogP contribution in [0.1, 0.15) is 0 Å². The number of nitrogens with zero attached hydrogens (tertiary/aromatic N) is 1. The summed E-state index contributed by atoms with van der Waals surface area (Å²) >= 11 is 0. The number of nitrogens with two attached hydrogens (primary N) is 1. The molecule has 0 unspecified atom stereocenters. The minimum absolute atomic E-state index is 0.0110. The topological polar surface area (TPSA) is 71.8 Å². The second-order valence-electron chi connectivity index (χ2n) is 2.61. The van der Waals surface area contributed by atoms with Crippen molar-refractivity contribution < 1.29 is 4.39 Å². The number of aromatic amines is 1. The number of hydrogen-bond acceptors (Lipinski definition) is 3. The highest BCUT2D eigenvalue weighted by Gasteiger charge is 2.01. The van der Waals surface area contributed by atoms with Crippen molar-refractivity contribution in [3.63, 3.8) is 0 Å². The third-order valence-electron chi connectivity index (χ3n) is 1.69. The summed E-state index contributed by atoms with van der Waals surface area (Å²) in [7, 11) is 0. The van der Waals surface area contributed by atoms with Crippen molar-refractivity contribution in [3.05, 3.63) is 34.4 Å². The van der Waals surface area contributed by atoms with Crippen molar-refractivity contribution in [1.29, 1.82) is 0 Å². The van der Waals surface area contributed by atoms with Crippen LogP contribution in [0, 0.1) is 5.82 Å². The van der Waals surface area contributed by atoms with E-state index in [4.69, 9.17) is 5.73 Å². The maximum absolute atomic E-state index is 12.7. The van der Waals surface area contributed by atoms with Crippen molar-refractivity contribution in [2.75, 3.05) is 5.73 Å². The van der Waals surface area contributed by atoms with Gasteiger partial charge in [-0.3, -0.25) is 9.78 Å². The largest absolute Gasteiger partial charge is 0.369 e. The molecular weight excluding hydrogens is 173 g/mol. The summed E-state index contributed by atoms with van der Waals surface area (Å²) in [6.07, 6.45) is 0. The molecule has 0 amide bonds. The molecule has 3 N–H and O–H groups in total. The average Bonchev–Trinajstić information content (AvgIpc) is 2.02. The number of aromatic nitrogens is 2. The van der Waals surface area contributed by atoms with Crippen molar-refractivity contribution in [2.24, 2.45) is 0 Å². The van der Waals surface area contributed by atoms with Gasteiger partial charge in [-0.15, -0.1) is 0 Å². The Hall–Kier alpha value is -1.91. The number of fused-ring (bicyclic) bond motifs is 1. The van der Waals surface area contributed by atoms with Crippen LogP contribution in [0.4, 0.5) is 10.3 Å². The summed E-state index contributed by atoms with van der Waals surface area (Å²) in [4.78, 5) is 17.3. The molecule has 0 saturated carbocycles. The van der Waals surface area contributed by atoms with Crippen molar-refractivity contribution in [1.82, 2.24) is 9.97 Å². The van der Waals surface area contributed by atoms with Crippen molar-refractivity contribution in [2.45, 2.75) is 0 Å². The van der Waals surface area contributed by atoms with Crippen LogP contribution in [-0.2, 0) is 0 Å². The zero-order valence-electron chi connectivity index (χ0n) is 6.54. The van der Waals surface area contributed by atoms with Gasteiger partial charge >= 0.3 is 0 Å². The van der Waals surface area contributed by atoms with E-state index >= 15 is 0 Å². The van der Waals surface area contributed by atoms with Gasteiger partial charge in [0.1, 0.15) is 5.82 Å². The van der Waals surface area contributed by atoms with E-state index < -0.39 is 5.82 Å². The minimum Gasteiger partial charge on any atom is -0.369 e. The Morgan fingerprint density at radius 3 is 3.00 bits per heavy atom. The molecule has 4 nitrogen and oxygen atoms in total. The average molecular weight is 179 g/mol. The third kappa shape index (κ3) is 1.24. The lowest BCUT2D eigenvalue weighted by Gasteiger charge is -1.97. The number of nitrogens with one attached hydrogen (secondary N) is 1. The van der Waals surface area contributed by atoms with Crippen LogP contribution in [-0.4, -0.2) is 9.97 Å². The summed E-state index contributed by atoms with van der Waals surface area (Å²) in [5.74, 6) is -0.451. The Kier molecular flexibility index (Phi) is 1.51. The molecule has 0 spiro atoms. The normalized spacial score (nSPS) is 10.5. The first-order chi connectivity index (χ1) is 6.16. The van der Waals surface area contributed by atoms with E-state index in [2.05, 4.69) is 9.97 Å². The van der Waals surface area contributed by atoms with Crippen LogP contribution in [0.2, 0.25) is 0 Å². The van der Waals surface area contributed by atoms with E-state index in [-0.39, 0.29) is 17.0 Å². The van der Waals surface area contributed by atoms with E-state index in [0.29, 0.717) is 5.39 Å². The van der Waals surface area contributed by atoms with E-state index in [1.54, 1.807) is 0 Å². The number of hydrogen-bond donors (Lipinski definition) is 2. The standard InChI is InChI=1S/C8H6FN3O/c9-4-1-2-5-6(3-4)11-8(10)12-7(5)13/h1-3H,(H3,10,11,12,13). The SMILES string of the molecule is Nc1nc2cc(F)ccc2c(=O)[nH]1. The summed E-state index contributed by atoms with van der Waals surface area (Å²) in [5.41, 5.74) is 5.19. The lowest BCUT2D eigenvalue weighted by atomic mass is 10.2. The molecule has 1 aromatic heterocycles. The van der Waals surface area contributed by atoms with Gasteiger partial charge in [-0.1, -0.05) is 0 Å². The van der Waals surface area contributed by atoms with Gasteiger partial charge in [0.05, 0.1) is 10.9 Å². The van der Waals surface area contributed by atoms with Gasteiger partial charge in [0.2, 0.25) is 5.95 Å². The molecule has 0 fully saturated rings. The maximum Gasteiger partial charge on any atom is 0.260 e. The molecule has 0 bridgehead atoms. The second-order valence-corrected chi connectivity index (χ2v) is 2.61. The lowest BCUT2D eigenvalue weighted by molar-refractivity contribution is 0.629. The molecule has 1 heterocycles. The smallest absolute Gasteiger partial charge is 0.260 e. The van der Waals surface area contributed by atoms with Gasteiger partial charge in [0.25, 0.3) is 5.56 Å². The first-order valence-corrected chi connectivity index (χ1v) is 3.62. The predicted octanol–water partition coefficient (Wildman–Crippen LogP) is 0.644. The van der Waals surface area contributed by atoms with Crippen LogP contribution in [0.15, 0.2) is 23.0 Å². The third-order valence-corrected chi connectivity index (χ3v) is 1.69. The first-order valence-electron chi connectivity index (χ1n) is 3.62. The van der Waals surface area contributed by atoms with Gasteiger partial charge in [0, 0.05) is 6.07 Å². The van der Waals surface area contributed by atoms with E-state index in [1.807, 2.05) is 0 Å². The number of rotatable bonds is 0. The number of halogens is 1. The molecule has 66 valence electrons. The van der Waals surface area contributed by atoms with E-state index in [1.165, 1.54) is 18.2 Å². The van der Waals surface area contributed by atoms with Crippen molar-refractivity contribution >= 4 is 16.9 Å². The first kappa shape index (κ1) is 7.72. The summed E-state index contributed by atoms with van der Waals surface area (Å²) in [5, 5.41) is 0.329. The number of H-pyrrole nitrogens is 1. The second kappa shape index (κ2) is 2.55. The summed E-state index contributed by atoms with van der Waals surface area (Å²) < 4.78 is 12.7. The Bertz CT molecular complexity index is 515. The number of nitrogen functional groups attached to an aromatic ring is 1. The molecule has 2 rings (SSSR count). The minimum atomic E-state index is -0.440. The highest BCUT2D eigenvalue weighted by molar-refractivity contribution is 5.78. The fourth-order valence-electron chi connectivity index (χ4n) is 1.13. The fraction of sp³-hybridized carbons (Fsp3) is 0. The highest BCUT2D eigenvalue weighted by Crippen LogP contribution is 2.09. The van der Waals surface area contributed by atoms with Gasteiger partial charge < -0.3 is 5.73 Å². The maximum atomic E-state index is 12.7. The summed E-state index contributed by atoms with van der Waals surface area (Å²) in [6.45, 7) is 0. The predicted molar refractivity (Wildman–Crippen MR) is 46.7 cm³/mol. The molecule has 0 saturated heterocycles. The molecule has 2 aromatic rings. The molecule has 1 aromatic carbocycles. The summed E-state index contributed by atoms with van der Waals surface area (Å²) in [6, 6.07) is 3.74. The zero-order chi connectivity index (χ0) is 9.42. The highest BCUT2D eigenvalue weighted by atomic mass is 19.1. The Morgan fingerprint density at radius 1 is 1.46 bits per heavy atom. The molecular formula is C8H6FN3O. The van der Waals surface area contributed by atoms with E-state index in [9.17, 15) is 9.18 Å². The Labute approximate surface area is 72.2 Å². The fourth-order valence-corrected chi connectivity index (χ4v) is 1.13. The Morgan fingerprint density at radius 2 is 2.23 bits per heavy atom. The Balaban J connectivity index is 2.95. The zero-order valence-corrected chi connectivity index (χ0v) is 6.54. The monoisotopic (exact) mass is 179 g/mol. The molecule has 13 heavy (non-hydrogen) atoms. The van der Waals surface area contributed by atoms with E-state index in [0.717, 1.165) is 0 Å². The molecule has 0 radical (unpaired) electrons. The molecule has 0 aliphatic rings. The lowest BCUT2D eigenvalue weighted by Crippen LogP contribution is -2.11. The van der Waals surface area contributed by atoms with Gasteiger partial charge in [-0.05, 0) is 12.1 Å².